The van der Waals surface area contributed by atoms with Gasteiger partial charge in [0.15, 0.2) is 0 Å². The highest BCUT2D eigenvalue weighted by molar-refractivity contribution is 5.99. The fourth-order valence-corrected chi connectivity index (χ4v) is 2.96. The van der Waals surface area contributed by atoms with Crippen molar-refractivity contribution in [1.29, 1.82) is 0 Å². The first-order valence-electron chi connectivity index (χ1n) is 8.94. The van der Waals surface area contributed by atoms with E-state index in [-0.39, 0.29) is 18.5 Å². The van der Waals surface area contributed by atoms with Gasteiger partial charge in [0.1, 0.15) is 6.54 Å². The molecule has 0 saturated carbocycles. The zero-order valence-electron chi connectivity index (χ0n) is 15.8. The molecule has 0 unspecified atom stereocenters. The van der Waals surface area contributed by atoms with Crippen LogP contribution in [0.25, 0.3) is 0 Å². The van der Waals surface area contributed by atoms with E-state index >= 15 is 0 Å². The normalized spacial score (nSPS) is 14.0. The fourth-order valence-electron chi connectivity index (χ4n) is 2.96. The fraction of sp³-hybridized carbons (Fsp3) is 0.350. The van der Waals surface area contributed by atoms with E-state index in [0.29, 0.717) is 30.6 Å². The minimum absolute atomic E-state index is 0.00540. The number of benzene rings is 1. The van der Waals surface area contributed by atoms with Gasteiger partial charge in [-0.15, -0.1) is 0 Å². The van der Waals surface area contributed by atoms with E-state index in [4.69, 9.17) is 4.74 Å². The van der Waals surface area contributed by atoms with Crippen LogP contribution < -0.4 is 15.0 Å². The predicted molar refractivity (Wildman–Crippen MR) is 104 cm³/mol. The molecule has 3 rings (SSSR count). The highest BCUT2D eigenvalue weighted by Gasteiger charge is 2.30. The van der Waals surface area contributed by atoms with Crippen LogP contribution in [0.2, 0.25) is 0 Å². The first-order chi connectivity index (χ1) is 13.0. The summed E-state index contributed by atoms with van der Waals surface area (Å²) in [6.07, 6.45) is 1.52. The largest absolute Gasteiger partial charge is 0.481 e. The van der Waals surface area contributed by atoms with Crippen LogP contribution in [0.15, 0.2) is 42.6 Å². The molecule has 1 aromatic carbocycles. The van der Waals surface area contributed by atoms with Crippen LogP contribution in [-0.4, -0.2) is 48.6 Å². The van der Waals surface area contributed by atoms with Gasteiger partial charge in [0.2, 0.25) is 11.8 Å². The summed E-state index contributed by atoms with van der Waals surface area (Å²) in [5.41, 5.74) is 2.65. The molecule has 2 heterocycles. The van der Waals surface area contributed by atoms with E-state index in [9.17, 15) is 9.59 Å². The van der Waals surface area contributed by atoms with E-state index in [0.717, 1.165) is 5.69 Å². The molecule has 1 saturated heterocycles. The standard InChI is InChI=1S/C20H24N4O3/c1-14(2)15-4-7-17(8-5-15)24-11-10-23(20(24)26)13-18(25)22-16-6-9-19(27-3)21-12-16/h4-9,12,14H,10-11,13H2,1-3H3,(H,22,25). The lowest BCUT2D eigenvalue weighted by molar-refractivity contribution is -0.116. The molecule has 0 spiro atoms. The number of anilines is 2. The van der Waals surface area contributed by atoms with E-state index in [1.165, 1.54) is 18.9 Å². The smallest absolute Gasteiger partial charge is 0.325 e. The summed E-state index contributed by atoms with van der Waals surface area (Å²) in [6.45, 7) is 5.35. The molecule has 0 bridgehead atoms. The van der Waals surface area contributed by atoms with Crippen LogP contribution in [0, 0.1) is 0 Å². The average Bonchev–Trinajstić information content (AvgIpc) is 3.02. The number of ether oxygens (including phenoxy) is 1. The number of methoxy groups -OCH3 is 1. The van der Waals surface area contributed by atoms with Crippen molar-refractivity contribution in [3.63, 3.8) is 0 Å². The second-order valence-electron chi connectivity index (χ2n) is 6.74. The van der Waals surface area contributed by atoms with Crippen LogP contribution >= 0.6 is 0 Å². The third-order valence-corrected chi connectivity index (χ3v) is 4.53. The average molecular weight is 368 g/mol. The van der Waals surface area contributed by atoms with Gasteiger partial charge in [-0.3, -0.25) is 9.69 Å². The Kier molecular flexibility index (Phi) is 5.59. The third-order valence-electron chi connectivity index (χ3n) is 4.53. The molecule has 2 aromatic rings. The van der Waals surface area contributed by atoms with E-state index in [2.05, 4.69) is 24.1 Å². The van der Waals surface area contributed by atoms with Gasteiger partial charge < -0.3 is 15.0 Å². The number of rotatable bonds is 6. The quantitative estimate of drug-likeness (QED) is 0.850. The topological polar surface area (TPSA) is 74.8 Å². The number of nitrogens with zero attached hydrogens (tertiary/aromatic N) is 3. The Morgan fingerprint density at radius 3 is 2.52 bits per heavy atom. The Balaban J connectivity index is 1.58. The van der Waals surface area contributed by atoms with Crippen LogP contribution in [0.5, 0.6) is 5.88 Å². The minimum Gasteiger partial charge on any atom is -0.481 e. The number of amides is 3. The lowest BCUT2D eigenvalue weighted by Crippen LogP contribution is -2.37. The Morgan fingerprint density at radius 1 is 1.19 bits per heavy atom. The van der Waals surface area contributed by atoms with Crippen molar-refractivity contribution in [1.82, 2.24) is 9.88 Å². The zero-order valence-corrected chi connectivity index (χ0v) is 15.8. The molecule has 1 aliphatic rings. The molecular weight excluding hydrogens is 344 g/mol. The Bertz CT molecular complexity index is 803. The van der Waals surface area contributed by atoms with Gasteiger partial charge >= 0.3 is 6.03 Å². The number of urea groups is 1. The van der Waals surface area contributed by atoms with Crippen molar-refractivity contribution in [3.05, 3.63) is 48.2 Å². The van der Waals surface area contributed by atoms with Gasteiger partial charge in [-0.05, 0) is 29.7 Å². The molecule has 1 N–H and O–H groups in total. The van der Waals surface area contributed by atoms with Crippen molar-refractivity contribution in [2.75, 3.05) is 37.0 Å². The maximum atomic E-state index is 12.6. The molecule has 1 aliphatic heterocycles. The summed E-state index contributed by atoms with van der Waals surface area (Å²) in [5.74, 6) is 0.662. The second-order valence-corrected chi connectivity index (χ2v) is 6.74. The summed E-state index contributed by atoms with van der Waals surface area (Å²) in [5, 5.41) is 2.75. The van der Waals surface area contributed by atoms with Crippen LogP contribution in [-0.2, 0) is 4.79 Å². The zero-order chi connectivity index (χ0) is 19.4. The van der Waals surface area contributed by atoms with Gasteiger partial charge in [-0.1, -0.05) is 26.0 Å². The number of aromatic nitrogens is 1. The summed E-state index contributed by atoms with van der Waals surface area (Å²) >= 11 is 0. The van der Waals surface area contributed by atoms with Crippen LogP contribution in [0.3, 0.4) is 0 Å². The molecule has 0 radical (unpaired) electrons. The van der Waals surface area contributed by atoms with Gasteiger partial charge in [0.25, 0.3) is 0 Å². The molecule has 27 heavy (non-hydrogen) atoms. The van der Waals surface area contributed by atoms with Gasteiger partial charge in [0, 0.05) is 24.8 Å². The monoisotopic (exact) mass is 368 g/mol. The van der Waals surface area contributed by atoms with Gasteiger partial charge in [-0.2, -0.15) is 0 Å². The summed E-state index contributed by atoms with van der Waals surface area (Å²) < 4.78 is 4.99. The van der Waals surface area contributed by atoms with Crippen LogP contribution in [0.4, 0.5) is 16.2 Å². The summed E-state index contributed by atoms with van der Waals surface area (Å²) in [7, 11) is 1.53. The third kappa shape index (κ3) is 4.36. The molecule has 0 atom stereocenters. The SMILES string of the molecule is COc1ccc(NC(=O)CN2CCN(c3ccc(C(C)C)cc3)C2=O)cn1. The number of nitrogens with one attached hydrogen (secondary N) is 1. The first kappa shape index (κ1) is 18.7. The molecule has 7 heteroatoms. The maximum absolute atomic E-state index is 12.6. The molecule has 7 nitrogen and oxygen atoms in total. The number of carbonyl (C=O) groups excluding carboxylic acids is 2. The summed E-state index contributed by atoms with van der Waals surface area (Å²) in [6, 6.07) is 11.2. The van der Waals surface area contributed by atoms with Crippen molar-refractivity contribution in [3.8, 4) is 5.88 Å². The van der Waals surface area contributed by atoms with E-state index < -0.39 is 0 Å². The van der Waals surface area contributed by atoms with E-state index in [1.54, 1.807) is 21.9 Å². The minimum atomic E-state index is -0.257. The lowest BCUT2D eigenvalue weighted by atomic mass is 10.0. The van der Waals surface area contributed by atoms with Gasteiger partial charge in [-0.25, -0.2) is 9.78 Å². The molecule has 1 aromatic heterocycles. The Morgan fingerprint density at radius 2 is 1.93 bits per heavy atom. The van der Waals surface area contributed by atoms with Crippen molar-refractivity contribution in [2.24, 2.45) is 0 Å². The number of carbonyl (C=O) groups is 2. The summed E-state index contributed by atoms with van der Waals surface area (Å²) in [4.78, 5) is 32.2. The highest BCUT2D eigenvalue weighted by atomic mass is 16.5. The van der Waals surface area contributed by atoms with Gasteiger partial charge in [0.05, 0.1) is 19.0 Å². The molecule has 0 aliphatic carbocycles. The highest BCUT2D eigenvalue weighted by Crippen LogP contribution is 2.23. The predicted octanol–water partition coefficient (Wildman–Crippen LogP) is 3.09. The Labute approximate surface area is 158 Å². The second kappa shape index (κ2) is 8.07. The number of hydrogen-bond donors (Lipinski definition) is 1. The molecular formula is C20H24N4O3. The molecule has 142 valence electrons. The molecule has 3 amide bonds. The number of hydrogen-bond acceptors (Lipinski definition) is 4. The van der Waals surface area contributed by atoms with Crippen LogP contribution in [0.1, 0.15) is 25.3 Å². The maximum Gasteiger partial charge on any atom is 0.325 e. The lowest BCUT2D eigenvalue weighted by Gasteiger charge is -2.19. The van der Waals surface area contributed by atoms with Crippen molar-refractivity contribution < 1.29 is 14.3 Å². The van der Waals surface area contributed by atoms with Crippen molar-refractivity contribution in [2.45, 2.75) is 19.8 Å². The van der Waals surface area contributed by atoms with E-state index in [1.807, 2.05) is 24.3 Å². The molecule has 1 fully saturated rings. The number of pyridine rings is 1. The first-order valence-corrected chi connectivity index (χ1v) is 8.94. The Hall–Kier alpha value is -3.09. The van der Waals surface area contributed by atoms with Crippen molar-refractivity contribution >= 4 is 23.3 Å².